The smallest absolute Gasteiger partial charge is 0.253 e. The number of rotatable bonds is 3. The molecule has 2 saturated heterocycles. The Balaban J connectivity index is 1.39. The first kappa shape index (κ1) is 15.3. The molecule has 2 aromatic rings. The van der Waals surface area contributed by atoms with Crippen molar-refractivity contribution in [1.29, 1.82) is 0 Å². The second kappa shape index (κ2) is 6.02. The van der Waals surface area contributed by atoms with Gasteiger partial charge in [-0.05, 0) is 45.5 Å². The summed E-state index contributed by atoms with van der Waals surface area (Å²) in [6, 6.07) is 7.96. The van der Waals surface area contributed by atoms with Gasteiger partial charge in [-0.25, -0.2) is 0 Å². The first-order valence-corrected chi connectivity index (χ1v) is 8.51. The van der Waals surface area contributed by atoms with E-state index in [0.29, 0.717) is 19.0 Å². The van der Waals surface area contributed by atoms with Crippen LogP contribution in [0.4, 0.5) is 0 Å². The van der Waals surface area contributed by atoms with Crippen molar-refractivity contribution in [2.75, 3.05) is 26.7 Å². The van der Waals surface area contributed by atoms with Crippen LogP contribution in [0.25, 0.3) is 0 Å². The van der Waals surface area contributed by atoms with Crippen molar-refractivity contribution in [3.8, 4) is 0 Å². The molecule has 0 spiro atoms. The third-order valence-corrected chi connectivity index (χ3v) is 5.06. The molecule has 4 rings (SSSR count). The van der Waals surface area contributed by atoms with E-state index in [2.05, 4.69) is 22.1 Å². The van der Waals surface area contributed by atoms with Crippen molar-refractivity contribution in [2.45, 2.75) is 31.7 Å². The van der Waals surface area contributed by atoms with E-state index >= 15 is 0 Å². The van der Waals surface area contributed by atoms with Crippen LogP contribution < -0.4 is 0 Å². The quantitative estimate of drug-likeness (QED) is 0.866. The van der Waals surface area contributed by atoms with Gasteiger partial charge < -0.3 is 9.42 Å². The zero-order chi connectivity index (χ0) is 16.7. The highest BCUT2D eigenvalue weighted by molar-refractivity contribution is 5.95. The van der Waals surface area contributed by atoms with Gasteiger partial charge in [0.2, 0.25) is 5.89 Å². The van der Waals surface area contributed by atoms with Crippen molar-refractivity contribution in [1.82, 2.24) is 19.9 Å². The molecule has 0 N–H and O–H groups in total. The molecule has 6 heteroatoms. The van der Waals surface area contributed by atoms with E-state index < -0.39 is 0 Å². The van der Waals surface area contributed by atoms with E-state index in [1.54, 1.807) is 0 Å². The summed E-state index contributed by atoms with van der Waals surface area (Å²) < 4.78 is 5.47. The van der Waals surface area contributed by atoms with Gasteiger partial charge in [0.1, 0.15) is 0 Å². The number of carbonyl (C=O) groups is 1. The Hall–Kier alpha value is -2.21. The van der Waals surface area contributed by atoms with Crippen LogP contribution in [0.1, 0.15) is 52.4 Å². The molecule has 6 nitrogen and oxygen atoms in total. The molecule has 2 fully saturated rings. The van der Waals surface area contributed by atoms with Gasteiger partial charge in [-0.15, -0.1) is 0 Å². The Morgan fingerprint density at radius 1 is 1.33 bits per heavy atom. The number of benzene rings is 1. The SMILES string of the molecule is Cc1cccc(C(=O)N2CC(c3noc(C4CCCN4C)n3)C2)c1. The van der Waals surface area contributed by atoms with Gasteiger partial charge in [0, 0.05) is 18.7 Å². The molecule has 1 unspecified atom stereocenters. The van der Waals surface area contributed by atoms with E-state index in [4.69, 9.17) is 4.52 Å². The van der Waals surface area contributed by atoms with E-state index in [0.717, 1.165) is 29.9 Å². The van der Waals surface area contributed by atoms with Crippen LogP contribution in [0.2, 0.25) is 0 Å². The van der Waals surface area contributed by atoms with Crippen molar-refractivity contribution < 1.29 is 9.32 Å². The molecule has 1 atom stereocenters. The van der Waals surface area contributed by atoms with Crippen LogP contribution in [-0.2, 0) is 0 Å². The van der Waals surface area contributed by atoms with Crippen molar-refractivity contribution in [3.63, 3.8) is 0 Å². The average molecular weight is 326 g/mol. The molecule has 3 heterocycles. The van der Waals surface area contributed by atoms with Crippen molar-refractivity contribution in [2.24, 2.45) is 0 Å². The first-order chi connectivity index (χ1) is 11.6. The maximum absolute atomic E-state index is 12.5. The third-order valence-electron chi connectivity index (χ3n) is 5.06. The number of carbonyl (C=O) groups excluding carboxylic acids is 1. The number of aromatic nitrogens is 2. The molecule has 1 aromatic carbocycles. The minimum absolute atomic E-state index is 0.0780. The number of amides is 1. The van der Waals surface area contributed by atoms with Crippen LogP contribution in [0.5, 0.6) is 0 Å². The summed E-state index contributed by atoms with van der Waals surface area (Å²) in [4.78, 5) is 21.2. The molecular formula is C18H22N4O2. The number of aryl methyl sites for hydroxylation is 1. The summed E-state index contributed by atoms with van der Waals surface area (Å²) in [6.07, 6.45) is 2.24. The molecule has 0 bridgehead atoms. The maximum atomic E-state index is 12.5. The molecular weight excluding hydrogens is 304 g/mol. The lowest BCUT2D eigenvalue weighted by atomic mass is 9.98. The lowest BCUT2D eigenvalue weighted by Gasteiger charge is -2.37. The molecule has 0 aliphatic carbocycles. The molecule has 24 heavy (non-hydrogen) atoms. The van der Waals surface area contributed by atoms with Crippen LogP contribution in [0.3, 0.4) is 0 Å². The van der Waals surface area contributed by atoms with Gasteiger partial charge in [0.25, 0.3) is 5.91 Å². The number of hydrogen-bond acceptors (Lipinski definition) is 5. The largest absolute Gasteiger partial charge is 0.338 e. The summed E-state index contributed by atoms with van der Waals surface area (Å²) in [5.41, 5.74) is 1.84. The Kier molecular flexibility index (Phi) is 3.84. The topological polar surface area (TPSA) is 62.5 Å². The van der Waals surface area contributed by atoms with Gasteiger partial charge >= 0.3 is 0 Å². The Bertz CT molecular complexity index is 751. The summed E-state index contributed by atoms with van der Waals surface area (Å²) in [6.45, 7) is 4.39. The Labute approximate surface area is 141 Å². The second-order valence-electron chi connectivity index (χ2n) is 6.91. The first-order valence-electron chi connectivity index (χ1n) is 8.51. The zero-order valence-corrected chi connectivity index (χ0v) is 14.1. The monoisotopic (exact) mass is 326 g/mol. The van der Waals surface area contributed by atoms with E-state index in [-0.39, 0.29) is 17.9 Å². The van der Waals surface area contributed by atoms with E-state index in [1.165, 1.54) is 6.42 Å². The van der Waals surface area contributed by atoms with Crippen LogP contribution >= 0.6 is 0 Å². The fourth-order valence-corrected chi connectivity index (χ4v) is 3.54. The fourth-order valence-electron chi connectivity index (χ4n) is 3.54. The zero-order valence-electron chi connectivity index (χ0n) is 14.1. The fraction of sp³-hybridized carbons (Fsp3) is 0.500. The highest BCUT2D eigenvalue weighted by Gasteiger charge is 2.36. The van der Waals surface area contributed by atoms with Gasteiger partial charge in [0.15, 0.2) is 5.82 Å². The summed E-state index contributed by atoms with van der Waals surface area (Å²) >= 11 is 0. The molecule has 1 amide bonds. The van der Waals surface area contributed by atoms with E-state index in [9.17, 15) is 4.79 Å². The molecule has 2 aliphatic rings. The molecule has 0 radical (unpaired) electrons. The molecule has 126 valence electrons. The standard InChI is InChI=1S/C18H22N4O2/c1-12-5-3-6-13(9-12)18(23)22-10-14(11-22)16-19-17(24-20-16)15-7-4-8-21(15)2/h3,5-6,9,14-15H,4,7-8,10-11H2,1-2H3. The van der Waals surface area contributed by atoms with Crippen molar-refractivity contribution in [3.05, 3.63) is 47.1 Å². The van der Waals surface area contributed by atoms with Gasteiger partial charge in [0.05, 0.1) is 12.0 Å². The van der Waals surface area contributed by atoms with Gasteiger partial charge in [-0.2, -0.15) is 4.98 Å². The van der Waals surface area contributed by atoms with E-state index in [1.807, 2.05) is 36.1 Å². The average Bonchev–Trinajstić information content (AvgIpc) is 3.14. The molecule has 0 saturated carbocycles. The number of nitrogens with zero attached hydrogens (tertiary/aromatic N) is 4. The highest BCUT2D eigenvalue weighted by Crippen LogP contribution is 2.32. The predicted molar refractivity (Wildman–Crippen MR) is 88.7 cm³/mol. The van der Waals surface area contributed by atoms with Crippen LogP contribution in [-0.4, -0.2) is 52.5 Å². The predicted octanol–water partition coefficient (Wildman–Crippen LogP) is 2.38. The lowest BCUT2D eigenvalue weighted by Crippen LogP contribution is -2.48. The highest BCUT2D eigenvalue weighted by atomic mass is 16.5. The van der Waals surface area contributed by atoms with Crippen LogP contribution in [0.15, 0.2) is 28.8 Å². The normalized spacial score (nSPS) is 21.9. The molecule has 2 aliphatic heterocycles. The van der Waals surface area contributed by atoms with Crippen molar-refractivity contribution >= 4 is 5.91 Å². The van der Waals surface area contributed by atoms with Crippen LogP contribution in [0, 0.1) is 6.92 Å². The summed E-state index contributed by atoms with van der Waals surface area (Å²) in [5.74, 6) is 1.71. The molecule has 1 aromatic heterocycles. The third kappa shape index (κ3) is 2.71. The minimum atomic E-state index is 0.0780. The Morgan fingerprint density at radius 3 is 2.88 bits per heavy atom. The summed E-state index contributed by atoms with van der Waals surface area (Å²) in [5, 5.41) is 4.15. The second-order valence-corrected chi connectivity index (χ2v) is 6.91. The van der Waals surface area contributed by atoms with Gasteiger partial charge in [-0.1, -0.05) is 22.9 Å². The Morgan fingerprint density at radius 2 is 2.17 bits per heavy atom. The lowest BCUT2D eigenvalue weighted by molar-refractivity contribution is 0.0592. The minimum Gasteiger partial charge on any atom is -0.338 e. The summed E-state index contributed by atoms with van der Waals surface area (Å²) in [7, 11) is 2.09. The maximum Gasteiger partial charge on any atom is 0.253 e. The number of hydrogen-bond donors (Lipinski definition) is 0. The number of likely N-dealkylation sites (tertiary alicyclic amines) is 2. The van der Waals surface area contributed by atoms with Gasteiger partial charge in [-0.3, -0.25) is 9.69 Å².